The van der Waals surface area contributed by atoms with Crippen LogP contribution in [-0.2, 0) is 4.74 Å². The fourth-order valence-corrected chi connectivity index (χ4v) is 1.80. The number of hydrogen-bond donors (Lipinski definition) is 0. The summed E-state index contributed by atoms with van der Waals surface area (Å²) in [5.74, 6) is 1.13. The highest BCUT2D eigenvalue weighted by atomic mass is 16.6. The summed E-state index contributed by atoms with van der Waals surface area (Å²) in [6.07, 6.45) is 3.15. The Kier molecular flexibility index (Phi) is 3.93. The van der Waals surface area contributed by atoms with Crippen LogP contribution in [0.15, 0.2) is 24.5 Å². The van der Waals surface area contributed by atoms with E-state index in [0.29, 0.717) is 25.6 Å². The Morgan fingerprint density at radius 1 is 1.47 bits per heavy atom. The maximum absolute atomic E-state index is 11.7. The average Bonchev–Trinajstić information content (AvgIpc) is 2.25. The Balaban J connectivity index is 1.68. The minimum atomic E-state index is -0.436. The van der Waals surface area contributed by atoms with Gasteiger partial charge in [-0.3, -0.25) is 4.98 Å². The first kappa shape index (κ1) is 13.6. The van der Waals surface area contributed by atoms with Gasteiger partial charge in [-0.1, -0.05) is 0 Å². The van der Waals surface area contributed by atoms with E-state index in [1.54, 1.807) is 17.3 Å². The number of carbonyl (C=O) groups excluding carboxylic acids is 1. The third-order valence-electron chi connectivity index (χ3n) is 2.73. The predicted octanol–water partition coefficient (Wildman–Crippen LogP) is 2.33. The van der Waals surface area contributed by atoms with Crippen LogP contribution in [0, 0.1) is 5.92 Å². The van der Waals surface area contributed by atoms with Gasteiger partial charge in [0.1, 0.15) is 11.4 Å². The summed E-state index contributed by atoms with van der Waals surface area (Å²) >= 11 is 0. The molecular weight excluding hydrogens is 244 g/mol. The van der Waals surface area contributed by atoms with Gasteiger partial charge in [-0.25, -0.2) is 4.79 Å². The number of likely N-dealkylation sites (tertiary alicyclic amines) is 1. The predicted molar refractivity (Wildman–Crippen MR) is 71.0 cm³/mol. The van der Waals surface area contributed by atoms with Gasteiger partial charge in [0.25, 0.3) is 0 Å². The van der Waals surface area contributed by atoms with E-state index in [-0.39, 0.29) is 6.09 Å². The Hall–Kier alpha value is -1.78. The van der Waals surface area contributed by atoms with E-state index in [9.17, 15) is 4.79 Å². The number of aromatic nitrogens is 1. The van der Waals surface area contributed by atoms with Gasteiger partial charge in [-0.05, 0) is 32.9 Å². The second kappa shape index (κ2) is 5.47. The molecule has 104 valence electrons. The lowest BCUT2D eigenvalue weighted by Crippen LogP contribution is -2.53. The maximum Gasteiger partial charge on any atom is 0.410 e. The largest absolute Gasteiger partial charge is 0.492 e. The molecule has 0 bridgehead atoms. The topological polar surface area (TPSA) is 51.7 Å². The van der Waals surface area contributed by atoms with E-state index in [0.717, 1.165) is 5.75 Å². The van der Waals surface area contributed by atoms with Crippen LogP contribution in [-0.4, -0.2) is 41.3 Å². The van der Waals surface area contributed by atoms with E-state index < -0.39 is 5.60 Å². The van der Waals surface area contributed by atoms with E-state index >= 15 is 0 Å². The molecule has 5 nitrogen and oxygen atoms in total. The molecule has 0 aromatic carbocycles. The molecule has 1 aromatic rings. The Labute approximate surface area is 113 Å². The zero-order valence-electron chi connectivity index (χ0n) is 11.6. The molecule has 1 aliphatic heterocycles. The van der Waals surface area contributed by atoms with Crippen LogP contribution in [0.1, 0.15) is 20.8 Å². The summed E-state index contributed by atoms with van der Waals surface area (Å²) in [5.41, 5.74) is -0.436. The first-order valence-electron chi connectivity index (χ1n) is 6.45. The molecule has 1 aromatic heterocycles. The molecule has 0 radical (unpaired) electrons. The first-order valence-corrected chi connectivity index (χ1v) is 6.45. The van der Waals surface area contributed by atoms with Gasteiger partial charge in [-0.2, -0.15) is 0 Å². The SMILES string of the molecule is CC(C)(C)OC(=O)N1CC(COc2cccnc2)C1. The molecule has 2 heterocycles. The molecule has 0 atom stereocenters. The number of ether oxygens (including phenoxy) is 2. The molecule has 0 saturated carbocycles. The van der Waals surface area contributed by atoms with E-state index in [2.05, 4.69) is 4.98 Å². The maximum atomic E-state index is 11.7. The minimum Gasteiger partial charge on any atom is -0.492 e. The Bertz CT molecular complexity index is 422. The molecule has 0 aliphatic carbocycles. The number of hydrogen-bond acceptors (Lipinski definition) is 4. The normalized spacial score (nSPS) is 15.8. The van der Waals surface area contributed by atoms with E-state index in [4.69, 9.17) is 9.47 Å². The van der Waals surface area contributed by atoms with Gasteiger partial charge in [0.15, 0.2) is 0 Å². The van der Waals surface area contributed by atoms with Gasteiger partial charge in [0.2, 0.25) is 0 Å². The van der Waals surface area contributed by atoms with Crippen molar-refractivity contribution in [1.29, 1.82) is 0 Å². The van der Waals surface area contributed by atoms with Crippen LogP contribution >= 0.6 is 0 Å². The zero-order valence-corrected chi connectivity index (χ0v) is 11.6. The number of pyridine rings is 1. The summed E-state index contributed by atoms with van der Waals surface area (Å²) in [6, 6.07) is 3.71. The summed E-state index contributed by atoms with van der Waals surface area (Å²) in [4.78, 5) is 17.4. The van der Waals surface area contributed by atoms with Crippen LogP contribution in [0.3, 0.4) is 0 Å². The van der Waals surface area contributed by atoms with Crippen molar-refractivity contribution < 1.29 is 14.3 Å². The van der Waals surface area contributed by atoms with E-state index in [1.807, 2.05) is 32.9 Å². The number of amides is 1. The van der Waals surface area contributed by atoms with Crippen LogP contribution < -0.4 is 4.74 Å². The average molecular weight is 264 g/mol. The number of rotatable bonds is 3. The second-order valence-electron chi connectivity index (χ2n) is 5.75. The third-order valence-corrected chi connectivity index (χ3v) is 2.73. The highest BCUT2D eigenvalue weighted by molar-refractivity contribution is 5.69. The van der Waals surface area contributed by atoms with Crippen molar-refractivity contribution in [2.24, 2.45) is 5.92 Å². The van der Waals surface area contributed by atoms with Crippen molar-refractivity contribution in [2.45, 2.75) is 26.4 Å². The first-order chi connectivity index (χ1) is 8.94. The third kappa shape index (κ3) is 4.12. The van der Waals surface area contributed by atoms with Crippen molar-refractivity contribution in [3.63, 3.8) is 0 Å². The lowest BCUT2D eigenvalue weighted by Gasteiger charge is -2.39. The second-order valence-corrected chi connectivity index (χ2v) is 5.75. The van der Waals surface area contributed by atoms with Crippen molar-refractivity contribution in [3.05, 3.63) is 24.5 Å². The molecule has 19 heavy (non-hydrogen) atoms. The fraction of sp³-hybridized carbons (Fsp3) is 0.571. The number of nitrogens with zero attached hydrogens (tertiary/aromatic N) is 2. The molecule has 2 rings (SSSR count). The molecule has 0 spiro atoms. The van der Waals surface area contributed by atoms with Gasteiger partial charge in [0.05, 0.1) is 12.8 Å². The lowest BCUT2D eigenvalue weighted by molar-refractivity contribution is -0.00783. The summed E-state index contributed by atoms with van der Waals surface area (Å²) in [7, 11) is 0. The molecule has 0 unspecified atom stereocenters. The van der Waals surface area contributed by atoms with Crippen LogP contribution in [0.2, 0.25) is 0 Å². The van der Waals surface area contributed by atoms with Crippen molar-refractivity contribution in [1.82, 2.24) is 9.88 Å². The smallest absolute Gasteiger partial charge is 0.410 e. The Morgan fingerprint density at radius 3 is 2.79 bits per heavy atom. The summed E-state index contributed by atoms with van der Waals surface area (Å²) in [5, 5.41) is 0. The van der Waals surface area contributed by atoms with Crippen molar-refractivity contribution in [3.8, 4) is 5.75 Å². The summed E-state index contributed by atoms with van der Waals surface area (Å²) in [6.45, 7) is 7.59. The van der Waals surface area contributed by atoms with Crippen LogP contribution in [0.4, 0.5) is 4.79 Å². The standard InChI is InChI=1S/C14H20N2O3/c1-14(2,3)19-13(17)16-8-11(9-16)10-18-12-5-4-6-15-7-12/h4-7,11H,8-10H2,1-3H3. The highest BCUT2D eigenvalue weighted by Gasteiger charge is 2.33. The molecular formula is C14H20N2O3. The van der Waals surface area contributed by atoms with Gasteiger partial charge in [0, 0.05) is 25.2 Å². The van der Waals surface area contributed by atoms with Gasteiger partial charge in [-0.15, -0.1) is 0 Å². The molecule has 1 fully saturated rings. The molecule has 1 aliphatic rings. The minimum absolute atomic E-state index is 0.245. The molecule has 0 N–H and O–H groups in total. The highest BCUT2D eigenvalue weighted by Crippen LogP contribution is 2.20. The monoisotopic (exact) mass is 264 g/mol. The van der Waals surface area contributed by atoms with Crippen molar-refractivity contribution in [2.75, 3.05) is 19.7 Å². The summed E-state index contributed by atoms with van der Waals surface area (Å²) < 4.78 is 10.9. The van der Waals surface area contributed by atoms with E-state index in [1.165, 1.54) is 0 Å². The molecule has 1 saturated heterocycles. The Morgan fingerprint density at radius 2 is 2.21 bits per heavy atom. The number of carbonyl (C=O) groups is 1. The van der Waals surface area contributed by atoms with Crippen LogP contribution in [0.5, 0.6) is 5.75 Å². The van der Waals surface area contributed by atoms with Crippen LogP contribution in [0.25, 0.3) is 0 Å². The van der Waals surface area contributed by atoms with Gasteiger partial charge >= 0.3 is 6.09 Å². The fourth-order valence-electron chi connectivity index (χ4n) is 1.80. The quantitative estimate of drug-likeness (QED) is 0.840. The van der Waals surface area contributed by atoms with Crippen molar-refractivity contribution >= 4 is 6.09 Å². The zero-order chi connectivity index (χ0) is 13.9. The molecule has 5 heteroatoms. The lowest BCUT2D eigenvalue weighted by atomic mass is 10.0. The molecule has 1 amide bonds. The van der Waals surface area contributed by atoms with Gasteiger partial charge < -0.3 is 14.4 Å².